The van der Waals surface area contributed by atoms with E-state index in [1.54, 1.807) is 0 Å². The largest absolute Gasteiger partial charge is 0.355 e. The molecule has 0 bridgehead atoms. The highest BCUT2D eigenvalue weighted by molar-refractivity contribution is 5.78. The van der Waals surface area contributed by atoms with Gasteiger partial charge < -0.3 is 5.32 Å². The van der Waals surface area contributed by atoms with E-state index in [4.69, 9.17) is 0 Å². The van der Waals surface area contributed by atoms with Crippen LogP contribution in [-0.2, 0) is 24.1 Å². The van der Waals surface area contributed by atoms with Crippen molar-refractivity contribution in [2.24, 2.45) is 0 Å². The van der Waals surface area contributed by atoms with Gasteiger partial charge in [0.1, 0.15) is 0 Å². The molecular formula is C21H26N2O. The quantitative estimate of drug-likeness (QED) is 0.830. The summed E-state index contributed by atoms with van der Waals surface area (Å²) in [4.78, 5) is 14.4. The number of amides is 1. The average Bonchev–Trinajstić information content (AvgIpc) is 2.82. The van der Waals surface area contributed by atoms with Gasteiger partial charge in [0, 0.05) is 19.6 Å². The number of nitrogens with one attached hydrogen (secondary N) is 1. The Bertz CT molecular complexity index is 627. The van der Waals surface area contributed by atoms with Crippen molar-refractivity contribution in [1.82, 2.24) is 10.2 Å². The van der Waals surface area contributed by atoms with Crippen LogP contribution in [0.3, 0.4) is 0 Å². The molecule has 3 rings (SSSR count). The molecule has 3 nitrogen and oxygen atoms in total. The molecule has 0 fully saturated rings. The predicted octanol–water partition coefficient (Wildman–Crippen LogP) is 2.84. The number of carbonyl (C=O) groups is 1. The van der Waals surface area contributed by atoms with E-state index in [9.17, 15) is 4.79 Å². The highest BCUT2D eigenvalue weighted by Crippen LogP contribution is 2.15. The Labute approximate surface area is 144 Å². The third-order valence-electron chi connectivity index (χ3n) is 4.69. The lowest BCUT2D eigenvalue weighted by Gasteiger charge is -2.19. The smallest absolute Gasteiger partial charge is 0.234 e. The number of hydrogen-bond acceptors (Lipinski definition) is 2. The van der Waals surface area contributed by atoms with E-state index in [1.807, 2.05) is 6.07 Å². The normalized spacial score (nSPS) is 14.7. The topological polar surface area (TPSA) is 32.3 Å². The van der Waals surface area contributed by atoms with Crippen LogP contribution in [0.25, 0.3) is 0 Å². The van der Waals surface area contributed by atoms with Crippen molar-refractivity contribution in [3.63, 3.8) is 0 Å². The number of fused-ring (bicyclic) bond motifs is 1. The summed E-state index contributed by atoms with van der Waals surface area (Å²) in [5, 5.41) is 3.06. The van der Waals surface area contributed by atoms with Gasteiger partial charge in [-0.1, -0.05) is 54.6 Å². The third-order valence-corrected chi connectivity index (χ3v) is 4.69. The molecule has 1 heterocycles. The molecule has 0 saturated heterocycles. The molecule has 0 spiro atoms. The lowest BCUT2D eigenvalue weighted by Crippen LogP contribution is -2.38. The number of nitrogens with zero attached hydrogens (tertiary/aromatic N) is 1. The Morgan fingerprint density at radius 3 is 2.21 bits per heavy atom. The summed E-state index contributed by atoms with van der Waals surface area (Å²) >= 11 is 0. The fraction of sp³-hybridized carbons (Fsp3) is 0.381. The molecule has 0 aliphatic carbocycles. The molecular weight excluding hydrogens is 296 g/mol. The second-order valence-electron chi connectivity index (χ2n) is 6.48. The van der Waals surface area contributed by atoms with Crippen LogP contribution < -0.4 is 5.32 Å². The molecule has 3 heteroatoms. The van der Waals surface area contributed by atoms with E-state index in [1.165, 1.54) is 16.7 Å². The Morgan fingerprint density at radius 2 is 1.54 bits per heavy atom. The van der Waals surface area contributed by atoms with Crippen LogP contribution in [0.1, 0.15) is 23.1 Å². The Kier molecular flexibility index (Phi) is 6.02. The summed E-state index contributed by atoms with van der Waals surface area (Å²) in [7, 11) is 0. The maximum absolute atomic E-state index is 12.2. The van der Waals surface area contributed by atoms with Crippen molar-refractivity contribution in [2.45, 2.75) is 25.7 Å². The molecule has 24 heavy (non-hydrogen) atoms. The Morgan fingerprint density at radius 1 is 0.917 bits per heavy atom. The lowest BCUT2D eigenvalue weighted by atomic mass is 10.0. The van der Waals surface area contributed by atoms with Crippen LogP contribution >= 0.6 is 0 Å². The Hall–Kier alpha value is -2.13. The number of hydrogen-bond donors (Lipinski definition) is 1. The number of aryl methyl sites for hydroxylation is 1. The number of carbonyl (C=O) groups excluding carboxylic acids is 1. The first kappa shape index (κ1) is 16.7. The zero-order valence-electron chi connectivity index (χ0n) is 14.2. The highest BCUT2D eigenvalue weighted by atomic mass is 16.2. The van der Waals surface area contributed by atoms with Crippen LogP contribution in [0.2, 0.25) is 0 Å². The van der Waals surface area contributed by atoms with E-state index in [2.05, 4.69) is 58.7 Å². The monoisotopic (exact) mass is 322 g/mol. The summed E-state index contributed by atoms with van der Waals surface area (Å²) in [5.41, 5.74) is 4.20. The lowest BCUT2D eigenvalue weighted by molar-refractivity contribution is -0.122. The van der Waals surface area contributed by atoms with E-state index in [0.717, 1.165) is 45.3 Å². The maximum atomic E-state index is 12.2. The molecule has 1 aliphatic heterocycles. The summed E-state index contributed by atoms with van der Waals surface area (Å²) in [6.07, 6.45) is 4.08. The highest BCUT2D eigenvalue weighted by Gasteiger charge is 2.15. The van der Waals surface area contributed by atoms with Gasteiger partial charge in [0.2, 0.25) is 5.91 Å². The summed E-state index contributed by atoms with van der Waals surface area (Å²) < 4.78 is 0. The van der Waals surface area contributed by atoms with Gasteiger partial charge >= 0.3 is 0 Å². The van der Waals surface area contributed by atoms with Gasteiger partial charge in [0.15, 0.2) is 0 Å². The van der Waals surface area contributed by atoms with Gasteiger partial charge in [-0.3, -0.25) is 9.69 Å². The predicted molar refractivity (Wildman–Crippen MR) is 98.1 cm³/mol. The first-order valence-electron chi connectivity index (χ1n) is 8.91. The third kappa shape index (κ3) is 4.93. The van der Waals surface area contributed by atoms with E-state index in [0.29, 0.717) is 6.54 Å². The minimum Gasteiger partial charge on any atom is -0.355 e. The second kappa shape index (κ2) is 8.65. The summed E-state index contributed by atoms with van der Waals surface area (Å²) in [5.74, 6) is 0.147. The van der Waals surface area contributed by atoms with Crippen LogP contribution in [0, 0.1) is 0 Å². The van der Waals surface area contributed by atoms with Crippen molar-refractivity contribution >= 4 is 5.91 Å². The second-order valence-corrected chi connectivity index (χ2v) is 6.48. The van der Waals surface area contributed by atoms with E-state index >= 15 is 0 Å². The van der Waals surface area contributed by atoms with Crippen molar-refractivity contribution < 1.29 is 4.79 Å². The number of rotatable bonds is 6. The van der Waals surface area contributed by atoms with Crippen LogP contribution in [-0.4, -0.2) is 37.0 Å². The maximum Gasteiger partial charge on any atom is 0.234 e. The molecule has 0 atom stereocenters. The molecule has 1 aliphatic rings. The van der Waals surface area contributed by atoms with E-state index in [-0.39, 0.29) is 5.91 Å². The number of benzene rings is 2. The van der Waals surface area contributed by atoms with Crippen LogP contribution in [0.4, 0.5) is 0 Å². The Balaban J connectivity index is 1.36. The van der Waals surface area contributed by atoms with Gasteiger partial charge in [-0.2, -0.15) is 0 Å². The first-order valence-corrected chi connectivity index (χ1v) is 8.91. The van der Waals surface area contributed by atoms with Gasteiger partial charge in [0.05, 0.1) is 6.54 Å². The molecule has 1 amide bonds. The minimum absolute atomic E-state index is 0.147. The van der Waals surface area contributed by atoms with E-state index < -0.39 is 0 Å². The van der Waals surface area contributed by atoms with Crippen LogP contribution in [0.15, 0.2) is 54.6 Å². The molecule has 0 unspecified atom stereocenters. The fourth-order valence-corrected chi connectivity index (χ4v) is 3.30. The van der Waals surface area contributed by atoms with Gasteiger partial charge in [-0.25, -0.2) is 0 Å². The van der Waals surface area contributed by atoms with Crippen molar-refractivity contribution in [2.75, 3.05) is 26.2 Å². The van der Waals surface area contributed by atoms with Crippen molar-refractivity contribution in [3.8, 4) is 0 Å². The molecule has 0 aromatic heterocycles. The average molecular weight is 322 g/mol. The van der Waals surface area contributed by atoms with Crippen molar-refractivity contribution in [1.29, 1.82) is 0 Å². The molecule has 2 aromatic rings. The van der Waals surface area contributed by atoms with Crippen molar-refractivity contribution in [3.05, 3.63) is 71.3 Å². The fourth-order valence-electron chi connectivity index (χ4n) is 3.30. The molecule has 126 valence electrons. The minimum atomic E-state index is 0.147. The molecule has 0 radical (unpaired) electrons. The first-order chi connectivity index (χ1) is 11.8. The molecule has 1 N–H and O–H groups in total. The summed E-state index contributed by atoms with van der Waals surface area (Å²) in [6.45, 7) is 3.20. The molecule has 2 aromatic carbocycles. The molecule has 0 saturated carbocycles. The van der Waals surface area contributed by atoms with Gasteiger partial charge in [0.25, 0.3) is 0 Å². The van der Waals surface area contributed by atoms with Gasteiger partial charge in [-0.15, -0.1) is 0 Å². The van der Waals surface area contributed by atoms with Crippen LogP contribution in [0.5, 0.6) is 0 Å². The standard InChI is InChI=1S/C21H26N2O/c24-21(22-14-6-9-18-7-2-1-3-8-18)17-23-15-12-19-10-4-5-11-20(19)13-16-23/h1-5,7-8,10-11H,6,9,12-17H2,(H,22,24). The SMILES string of the molecule is O=C(CN1CCc2ccccc2CC1)NCCCc1ccccc1. The summed E-state index contributed by atoms with van der Waals surface area (Å²) in [6, 6.07) is 19.1. The zero-order valence-corrected chi connectivity index (χ0v) is 14.2. The van der Waals surface area contributed by atoms with Gasteiger partial charge in [-0.05, 0) is 42.4 Å². The zero-order chi connectivity index (χ0) is 16.6.